The van der Waals surface area contributed by atoms with Crippen molar-refractivity contribution < 1.29 is 28.5 Å². The summed E-state index contributed by atoms with van der Waals surface area (Å²) in [7, 11) is 0. The zero-order chi connectivity index (χ0) is 30.8. The second-order valence-corrected chi connectivity index (χ2v) is 16.3. The van der Waals surface area contributed by atoms with Gasteiger partial charge in [0.05, 0.1) is 31.3 Å². The van der Waals surface area contributed by atoms with Crippen molar-refractivity contribution in [2.45, 2.75) is 153 Å². The lowest BCUT2D eigenvalue weighted by molar-refractivity contribution is -0.165. The molecule has 7 aliphatic rings. The second kappa shape index (κ2) is 14.8. The van der Waals surface area contributed by atoms with Crippen LogP contribution in [-0.2, 0) is 28.5 Å². The summed E-state index contributed by atoms with van der Waals surface area (Å²) in [5.41, 5.74) is 0. The molecular weight excluding hydrogens is 564 g/mol. The topological polar surface area (TPSA) is 71.1 Å². The number of esters is 2. The molecule has 6 nitrogen and oxygen atoms in total. The Bertz CT molecular complexity index is 969. The predicted octanol–water partition coefficient (Wildman–Crippen LogP) is 8.21. The van der Waals surface area contributed by atoms with E-state index in [1.165, 1.54) is 83.1 Å². The third-order valence-electron chi connectivity index (χ3n) is 14.1. The van der Waals surface area contributed by atoms with Gasteiger partial charge in [-0.3, -0.25) is 4.79 Å². The lowest BCUT2D eigenvalue weighted by Gasteiger charge is -2.55. The summed E-state index contributed by atoms with van der Waals surface area (Å²) in [6, 6.07) is 0. The van der Waals surface area contributed by atoms with Gasteiger partial charge in [-0.1, -0.05) is 45.1 Å². The standard InChI is InChI=1S/C39H60O6/c1-2-36(40)44-30-19-15-26(16-20-30)25-11-13-29(14-12-25)39(41)45-31-23-42-34-21-17-27-7-3-5-9-32(27)37(34)38-33-10-6-4-8-28(33)18-22-35(38)43-24-31/h2,25-35,37-38H,1,3-24H2/t25?,26?,27?,28?,29?,30?,31?,32-,33?,34?,35?,37?,38?/m0/s1. The SMILES string of the molecule is C=CC(=O)OC1CCC(C2CCC(C(=O)OC3COC4CCC5CCCCC5C4C4C(CCC5CCCC[C@@H]54)OC3)CC2)CC1. The van der Waals surface area contributed by atoms with E-state index in [4.69, 9.17) is 18.9 Å². The molecule has 0 aromatic rings. The van der Waals surface area contributed by atoms with Crippen molar-refractivity contribution in [2.24, 2.45) is 53.3 Å². The summed E-state index contributed by atoms with van der Waals surface area (Å²) in [6.45, 7) is 4.50. The van der Waals surface area contributed by atoms with Gasteiger partial charge in [-0.05, 0) is 137 Å². The van der Waals surface area contributed by atoms with Crippen molar-refractivity contribution in [1.29, 1.82) is 0 Å². The Hall–Kier alpha value is -1.40. The Balaban J connectivity index is 0.956. The first kappa shape index (κ1) is 32.2. The molecule has 1 aliphatic heterocycles. The van der Waals surface area contributed by atoms with Crippen LogP contribution >= 0.6 is 0 Å². The first-order valence-electron chi connectivity index (χ1n) is 19.3. The molecule has 0 radical (unpaired) electrons. The van der Waals surface area contributed by atoms with Gasteiger partial charge in [0.2, 0.25) is 0 Å². The zero-order valence-electron chi connectivity index (χ0n) is 27.8. The molecule has 0 aromatic carbocycles. The fourth-order valence-electron chi connectivity index (χ4n) is 11.9. The maximum atomic E-state index is 13.6. The van der Waals surface area contributed by atoms with Gasteiger partial charge < -0.3 is 18.9 Å². The van der Waals surface area contributed by atoms with Crippen LogP contribution in [0.25, 0.3) is 0 Å². The van der Waals surface area contributed by atoms with E-state index in [-0.39, 0.29) is 30.1 Å². The Labute approximate surface area is 272 Å². The van der Waals surface area contributed by atoms with E-state index in [2.05, 4.69) is 6.58 Å². The highest BCUT2D eigenvalue weighted by molar-refractivity contribution is 5.81. The normalized spacial score (nSPS) is 45.5. The number of carbonyl (C=O) groups is 2. The van der Waals surface area contributed by atoms with Crippen LogP contribution in [-0.4, -0.2) is 49.6 Å². The molecule has 0 amide bonds. The molecule has 0 aromatic heterocycles. The molecule has 1 saturated heterocycles. The largest absolute Gasteiger partial charge is 0.459 e. The van der Waals surface area contributed by atoms with E-state index in [1.807, 2.05) is 0 Å². The molecule has 0 bridgehead atoms. The lowest BCUT2D eigenvalue weighted by atomic mass is 9.53. The highest BCUT2D eigenvalue weighted by Crippen LogP contribution is 2.56. The summed E-state index contributed by atoms with van der Waals surface area (Å²) < 4.78 is 25.6. The third kappa shape index (κ3) is 7.22. The van der Waals surface area contributed by atoms with E-state index >= 15 is 0 Å². The minimum absolute atomic E-state index is 0.00499. The number of rotatable bonds is 5. The van der Waals surface area contributed by atoms with Gasteiger partial charge in [0.1, 0.15) is 12.2 Å². The molecule has 0 N–H and O–H groups in total. The maximum absolute atomic E-state index is 13.6. The fourth-order valence-corrected chi connectivity index (χ4v) is 11.9. The van der Waals surface area contributed by atoms with Gasteiger partial charge in [-0.15, -0.1) is 0 Å². The highest BCUT2D eigenvalue weighted by Gasteiger charge is 2.53. The Morgan fingerprint density at radius 1 is 0.533 bits per heavy atom. The van der Waals surface area contributed by atoms with E-state index < -0.39 is 0 Å². The molecule has 9 atom stereocenters. The minimum Gasteiger partial charge on any atom is -0.459 e. The highest BCUT2D eigenvalue weighted by atomic mass is 16.6. The number of hydrogen-bond donors (Lipinski definition) is 0. The van der Waals surface area contributed by atoms with E-state index in [0.29, 0.717) is 49.1 Å². The molecule has 7 rings (SSSR count). The number of ether oxygens (including phenoxy) is 4. The summed E-state index contributed by atoms with van der Waals surface area (Å²) in [5.74, 6) is 5.59. The van der Waals surface area contributed by atoms with Crippen LogP contribution in [0.15, 0.2) is 12.7 Å². The average molecular weight is 625 g/mol. The van der Waals surface area contributed by atoms with Crippen LogP contribution in [0.1, 0.15) is 128 Å². The summed E-state index contributed by atoms with van der Waals surface area (Å²) in [4.78, 5) is 25.1. The molecule has 6 aliphatic carbocycles. The molecule has 6 saturated carbocycles. The van der Waals surface area contributed by atoms with Crippen molar-refractivity contribution in [1.82, 2.24) is 0 Å². The molecule has 45 heavy (non-hydrogen) atoms. The van der Waals surface area contributed by atoms with Crippen LogP contribution in [0.3, 0.4) is 0 Å². The van der Waals surface area contributed by atoms with E-state index in [9.17, 15) is 9.59 Å². The predicted molar refractivity (Wildman–Crippen MR) is 173 cm³/mol. The fraction of sp³-hybridized carbons (Fsp3) is 0.897. The summed E-state index contributed by atoms with van der Waals surface area (Å²) in [6.07, 6.45) is 25.9. The Morgan fingerprint density at radius 2 is 1.02 bits per heavy atom. The van der Waals surface area contributed by atoms with Crippen molar-refractivity contribution in [2.75, 3.05) is 13.2 Å². The molecular formula is C39H60O6. The first-order valence-corrected chi connectivity index (χ1v) is 19.3. The van der Waals surface area contributed by atoms with Crippen molar-refractivity contribution in [3.8, 4) is 0 Å². The molecule has 6 heteroatoms. The van der Waals surface area contributed by atoms with Gasteiger partial charge in [-0.2, -0.15) is 0 Å². The smallest absolute Gasteiger partial charge is 0.330 e. The van der Waals surface area contributed by atoms with Crippen LogP contribution in [0.4, 0.5) is 0 Å². The van der Waals surface area contributed by atoms with E-state index in [0.717, 1.165) is 75.0 Å². The molecule has 252 valence electrons. The van der Waals surface area contributed by atoms with Crippen LogP contribution in [0, 0.1) is 53.3 Å². The number of fused-ring (bicyclic) bond motifs is 7. The van der Waals surface area contributed by atoms with E-state index in [1.54, 1.807) is 0 Å². The summed E-state index contributed by atoms with van der Waals surface area (Å²) >= 11 is 0. The molecule has 1 heterocycles. The quantitative estimate of drug-likeness (QED) is 0.227. The Morgan fingerprint density at radius 3 is 1.56 bits per heavy atom. The molecule has 7 fully saturated rings. The second-order valence-electron chi connectivity index (χ2n) is 16.3. The first-order chi connectivity index (χ1) is 22.1. The van der Waals surface area contributed by atoms with Gasteiger partial charge in [-0.25, -0.2) is 4.79 Å². The van der Waals surface area contributed by atoms with Crippen LogP contribution < -0.4 is 0 Å². The zero-order valence-corrected chi connectivity index (χ0v) is 27.8. The third-order valence-corrected chi connectivity index (χ3v) is 14.1. The van der Waals surface area contributed by atoms with Gasteiger partial charge >= 0.3 is 11.9 Å². The summed E-state index contributed by atoms with van der Waals surface area (Å²) in [5, 5.41) is 0. The molecule has 0 spiro atoms. The Kier molecular flexibility index (Phi) is 10.6. The van der Waals surface area contributed by atoms with Crippen molar-refractivity contribution in [3.63, 3.8) is 0 Å². The van der Waals surface area contributed by atoms with Gasteiger partial charge in [0.15, 0.2) is 0 Å². The van der Waals surface area contributed by atoms with Gasteiger partial charge in [0.25, 0.3) is 0 Å². The van der Waals surface area contributed by atoms with Crippen LogP contribution in [0.2, 0.25) is 0 Å². The monoisotopic (exact) mass is 624 g/mol. The molecule has 8 unspecified atom stereocenters. The number of hydrogen-bond acceptors (Lipinski definition) is 6. The van der Waals surface area contributed by atoms with Crippen molar-refractivity contribution >= 4 is 11.9 Å². The van der Waals surface area contributed by atoms with Crippen molar-refractivity contribution in [3.05, 3.63) is 12.7 Å². The number of carbonyl (C=O) groups excluding carboxylic acids is 2. The average Bonchev–Trinajstić information content (AvgIpc) is 3.16. The minimum atomic E-state index is -0.305. The van der Waals surface area contributed by atoms with Crippen LogP contribution in [0.5, 0.6) is 0 Å². The maximum Gasteiger partial charge on any atom is 0.330 e. The van der Waals surface area contributed by atoms with Gasteiger partial charge in [0, 0.05) is 6.08 Å². The lowest BCUT2D eigenvalue weighted by Crippen LogP contribution is -2.53.